The predicted octanol–water partition coefficient (Wildman–Crippen LogP) is 3.67. The maximum Gasteiger partial charge on any atom is 0.528 e. The van der Waals surface area contributed by atoms with Crippen LogP contribution in [0.4, 0.5) is 9.59 Å². The first kappa shape index (κ1) is 27.9. The Bertz CT molecular complexity index is 886. The van der Waals surface area contributed by atoms with Crippen molar-refractivity contribution in [2.45, 2.75) is 77.7 Å². The lowest BCUT2D eigenvalue weighted by molar-refractivity contribution is -0.134. The molecule has 1 aliphatic rings. The van der Waals surface area contributed by atoms with E-state index in [0.29, 0.717) is 25.8 Å². The minimum Gasteiger partial charge on any atom is -0.436 e. The van der Waals surface area contributed by atoms with Gasteiger partial charge in [0.25, 0.3) is 5.91 Å². The van der Waals surface area contributed by atoms with E-state index in [0.717, 1.165) is 5.56 Å². The third-order valence-electron chi connectivity index (χ3n) is 5.42. The molecule has 1 saturated heterocycles. The number of rotatable bonds is 9. The summed E-state index contributed by atoms with van der Waals surface area (Å²) in [6.45, 7) is 8.20. The molecular weight excluding hydrogens is 452 g/mol. The number of nitrogens with zero attached hydrogens (tertiary/aromatic N) is 2. The van der Waals surface area contributed by atoms with Crippen LogP contribution in [0.2, 0.25) is 0 Å². The van der Waals surface area contributed by atoms with Crippen molar-refractivity contribution in [3.8, 4) is 6.07 Å². The number of hydroxylamine groups is 2. The van der Waals surface area contributed by atoms with Crippen LogP contribution in [0.3, 0.4) is 0 Å². The first-order valence-corrected chi connectivity index (χ1v) is 12.0. The highest BCUT2D eigenvalue weighted by Crippen LogP contribution is 2.23. The molecule has 0 radical (unpaired) electrons. The summed E-state index contributed by atoms with van der Waals surface area (Å²) in [6, 6.07) is 11.6. The topological polar surface area (TPSA) is 130 Å². The Hall–Kier alpha value is -3.32. The molecule has 0 bridgehead atoms. The number of ether oxygens (including phenoxy) is 2. The molecule has 0 aliphatic carbocycles. The van der Waals surface area contributed by atoms with Gasteiger partial charge < -0.3 is 24.9 Å². The van der Waals surface area contributed by atoms with Crippen molar-refractivity contribution >= 4 is 18.2 Å². The Labute approximate surface area is 206 Å². The van der Waals surface area contributed by atoms with Crippen molar-refractivity contribution in [2.24, 2.45) is 5.92 Å². The third kappa shape index (κ3) is 9.83. The molecule has 0 spiro atoms. The summed E-state index contributed by atoms with van der Waals surface area (Å²) in [4.78, 5) is 42.5. The van der Waals surface area contributed by atoms with E-state index in [-0.39, 0.29) is 31.5 Å². The highest BCUT2D eigenvalue weighted by atomic mass is 16.8. The highest BCUT2D eigenvalue weighted by Gasteiger charge is 2.38. The zero-order valence-electron chi connectivity index (χ0n) is 20.9. The number of amides is 2. The molecule has 10 heteroatoms. The Morgan fingerprint density at radius 3 is 2.43 bits per heavy atom. The monoisotopic (exact) mass is 488 g/mol. The molecule has 2 rings (SSSR count). The number of nitriles is 1. The van der Waals surface area contributed by atoms with Crippen LogP contribution in [0.5, 0.6) is 0 Å². The van der Waals surface area contributed by atoms with Crippen molar-refractivity contribution in [3.05, 3.63) is 35.9 Å². The van der Waals surface area contributed by atoms with Gasteiger partial charge in [-0.15, -0.1) is 5.06 Å². The molecule has 2 atom stereocenters. The van der Waals surface area contributed by atoms with Gasteiger partial charge >= 0.3 is 12.2 Å². The summed E-state index contributed by atoms with van der Waals surface area (Å²) < 4.78 is 10.4. The van der Waals surface area contributed by atoms with Crippen LogP contribution in [0.1, 0.15) is 58.9 Å². The second kappa shape index (κ2) is 13.5. The first-order chi connectivity index (χ1) is 16.6. The minimum atomic E-state index is -1.17. The van der Waals surface area contributed by atoms with Gasteiger partial charge in [0.15, 0.2) is 6.10 Å². The van der Waals surface area contributed by atoms with Gasteiger partial charge in [-0.05, 0) is 51.0 Å². The van der Waals surface area contributed by atoms with Gasteiger partial charge in [-0.1, -0.05) is 44.2 Å². The van der Waals surface area contributed by atoms with Gasteiger partial charge in [0, 0.05) is 19.6 Å². The van der Waals surface area contributed by atoms with Crippen molar-refractivity contribution in [1.82, 2.24) is 15.7 Å². The molecule has 1 aliphatic heterocycles. The van der Waals surface area contributed by atoms with E-state index in [1.54, 1.807) is 13.8 Å². The Balaban J connectivity index is 1.98. The molecule has 10 nitrogen and oxygen atoms in total. The maximum absolute atomic E-state index is 13.1. The van der Waals surface area contributed by atoms with Crippen molar-refractivity contribution in [3.63, 3.8) is 0 Å². The third-order valence-corrected chi connectivity index (χ3v) is 5.42. The maximum atomic E-state index is 13.1. The first-order valence-electron chi connectivity index (χ1n) is 12.0. The standard InChI is InChI=1S/C25H36N4O6/c1-18(2)15-21(34-23(31)27-16-20-9-6-5-7-10-20)22(30)28-25(17-26)11-8-13-29(14-12-25)35-24(32)33-19(3)4/h5-7,9-10,18-19,21H,8,11-16H2,1-4H3,(H,27,31)(H,28,30). The Kier molecular flexibility index (Phi) is 10.8. The summed E-state index contributed by atoms with van der Waals surface area (Å²) in [6.07, 6.45) is -1.45. The Morgan fingerprint density at radius 2 is 1.80 bits per heavy atom. The van der Waals surface area contributed by atoms with Crippen LogP contribution in [0.25, 0.3) is 0 Å². The largest absolute Gasteiger partial charge is 0.528 e. The van der Waals surface area contributed by atoms with Gasteiger partial charge in [0.1, 0.15) is 5.54 Å². The Morgan fingerprint density at radius 1 is 1.09 bits per heavy atom. The van der Waals surface area contributed by atoms with Crippen molar-refractivity contribution in [1.29, 1.82) is 5.26 Å². The molecule has 2 unspecified atom stereocenters. The van der Waals surface area contributed by atoms with Crippen LogP contribution in [0.15, 0.2) is 30.3 Å². The van der Waals surface area contributed by atoms with Gasteiger partial charge in [0.05, 0.1) is 12.2 Å². The molecule has 1 heterocycles. The number of hydrogen-bond donors (Lipinski definition) is 2. The van der Waals surface area contributed by atoms with E-state index < -0.39 is 29.8 Å². The molecule has 2 N–H and O–H groups in total. The molecule has 192 valence electrons. The van der Waals surface area contributed by atoms with E-state index in [2.05, 4.69) is 16.7 Å². The fourth-order valence-electron chi connectivity index (χ4n) is 3.68. The number of benzene rings is 1. The molecule has 35 heavy (non-hydrogen) atoms. The fourth-order valence-corrected chi connectivity index (χ4v) is 3.68. The van der Waals surface area contributed by atoms with Gasteiger partial charge in [-0.25, -0.2) is 9.59 Å². The highest BCUT2D eigenvalue weighted by molar-refractivity contribution is 5.84. The summed E-state index contributed by atoms with van der Waals surface area (Å²) in [7, 11) is 0. The van der Waals surface area contributed by atoms with E-state index in [1.165, 1.54) is 5.06 Å². The van der Waals surface area contributed by atoms with Crippen LogP contribution < -0.4 is 10.6 Å². The predicted molar refractivity (Wildman–Crippen MR) is 128 cm³/mol. The number of nitrogens with one attached hydrogen (secondary N) is 2. The van der Waals surface area contributed by atoms with E-state index in [9.17, 15) is 19.6 Å². The molecule has 0 saturated carbocycles. The van der Waals surface area contributed by atoms with Crippen molar-refractivity contribution < 1.29 is 28.7 Å². The second-order valence-corrected chi connectivity index (χ2v) is 9.34. The smallest absolute Gasteiger partial charge is 0.436 e. The van der Waals surface area contributed by atoms with Crippen LogP contribution >= 0.6 is 0 Å². The van der Waals surface area contributed by atoms with Crippen molar-refractivity contribution in [2.75, 3.05) is 13.1 Å². The lowest BCUT2D eigenvalue weighted by Gasteiger charge is -2.29. The SMILES string of the molecule is CC(C)CC(OC(=O)NCc1ccccc1)C(=O)NC1(C#N)CCCN(OC(=O)OC(C)C)CC1. The van der Waals surface area contributed by atoms with E-state index in [4.69, 9.17) is 14.3 Å². The second-order valence-electron chi connectivity index (χ2n) is 9.34. The summed E-state index contributed by atoms with van der Waals surface area (Å²) in [5, 5.41) is 16.8. The molecule has 0 aromatic heterocycles. The number of alkyl carbamates (subject to hydrolysis) is 1. The molecule has 1 aromatic carbocycles. The fraction of sp³-hybridized carbons (Fsp3) is 0.600. The van der Waals surface area contributed by atoms with E-state index >= 15 is 0 Å². The van der Waals surface area contributed by atoms with Gasteiger partial charge in [-0.3, -0.25) is 4.79 Å². The molecule has 2 amide bonds. The summed E-state index contributed by atoms with van der Waals surface area (Å²) in [5.41, 5.74) is -0.267. The normalized spacial score (nSPS) is 19.2. The average Bonchev–Trinajstić information content (AvgIpc) is 2.99. The van der Waals surface area contributed by atoms with Gasteiger partial charge in [-0.2, -0.15) is 5.26 Å². The zero-order chi connectivity index (χ0) is 25.8. The molecule has 1 aromatic rings. The lowest BCUT2D eigenvalue weighted by atomic mass is 9.91. The molecule has 1 fully saturated rings. The quantitative estimate of drug-likeness (QED) is 0.504. The minimum absolute atomic E-state index is 0.0794. The van der Waals surface area contributed by atoms with Gasteiger partial charge in [0.2, 0.25) is 0 Å². The number of hydrogen-bond acceptors (Lipinski definition) is 8. The molecular formula is C25H36N4O6. The summed E-state index contributed by atoms with van der Waals surface area (Å²) in [5.74, 6) is -0.445. The van der Waals surface area contributed by atoms with Crippen LogP contribution in [-0.4, -0.2) is 54.1 Å². The number of carbonyl (C=O) groups is 3. The van der Waals surface area contributed by atoms with Crippen LogP contribution in [0, 0.1) is 17.2 Å². The van der Waals surface area contributed by atoms with E-state index in [1.807, 2.05) is 44.2 Å². The zero-order valence-corrected chi connectivity index (χ0v) is 20.9. The number of carbonyl (C=O) groups excluding carboxylic acids is 3. The lowest BCUT2D eigenvalue weighted by Crippen LogP contribution is -2.52. The van der Waals surface area contributed by atoms with Crippen LogP contribution in [-0.2, 0) is 25.7 Å². The average molecular weight is 489 g/mol. The summed E-state index contributed by atoms with van der Waals surface area (Å²) >= 11 is 0.